The molecule has 0 fully saturated rings. The second-order valence-electron chi connectivity index (χ2n) is 3.26. The molecule has 1 atom stereocenters. The monoisotopic (exact) mass is 198 g/mol. The van der Waals surface area contributed by atoms with Crippen LogP contribution in [0.4, 0.5) is 0 Å². The number of halogens is 1. The molecular weight excluding hydrogens is 184 g/mol. The van der Waals surface area contributed by atoms with Crippen molar-refractivity contribution in [1.29, 1.82) is 0 Å². The van der Waals surface area contributed by atoms with Crippen molar-refractivity contribution in [2.45, 2.75) is 38.5 Å². The van der Waals surface area contributed by atoms with E-state index < -0.39 is 0 Å². The SMILES string of the molecule is CCCC(Cl)Cc1ccc(C)nn1. The average Bonchev–Trinajstić information content (AvgIpc) is 2.09. The maximum atomic E-state index is 6.09. The fourth-order valence-corrected chi connectivity index (χ4v) is 1.55. The molecule has 0 bridgehead atoms. The largest absolute Gasteiger partial charge is 0.156 e. The molecule has 1 aromatic heterocycles. The van der Waals surface area contributed by atoms with Crippen LogP contribution in [0, 0.1) is 6.92 Å². The van der Waals surface area contributed by atoms with Gasteiger partial charge in [-0.2, -0.15) is 10.2 Å². The normalized spacial score (nSPS) is 12.8. The number of hydrogen-bond acceptors (Lipinski definition) is 2. The summed E-state index contributed by atoms with van der Waals surface area (Å²) in [5.41, 5.74) is 1.93. The third-order valence-electron chi connectivity index (χ3n) is 1.89. The fourth-order valence-electron chi connectivity index (χ4n) is 1.18. The predicted molar refractivity (Wildman–Crippen MR) is 55.0 cm³/mol. The lowest BCUT2D eigenvalue weighted by atomic mass is 10.1. The molecule has 0 saturated carbocycles. The molecule has 0 spiro atoms. The molecule has 0 aliphatic carbocycles. The lowest BCUT2D eigenvalue weighted by Gasteiger charge is -2.05. The van der Waals surface area contributed by atoms with E-state index >= 15 is 0 Å². The molecule has 0 aliphatic rings. The van der Waals surface area contributed by atoms with Gasteiger partial charge in [-0.25, -0.2) is 0 Å². The van der Waals surface area contributed by atoms with E-state index in [1.54, 1.807) is 0 Å². The van der Waals surface area contributed by atoms with Crippen LogP contribution in [0.5, 0.6) is 0 Å². The molecule has 0 saturated heterocycles. The van der Waals surface area contributed by atoms with Crippen LogP contribution in [-0.2, 0) is 6.42 Å². The molecule has 1 aromatic rings. The van der Waals surface area contributed by atoms with Crippen molar-refractivity contribution in [2.24, 2.45) is 0 Å². The highest BCUT2D eigenvalue weighted by Crippen LogP contribution is 2.10. The van der Waals surface area contributed by atoms with E-state index in [9.17, 15) is 0 Å². The van der Waals surface area contributed by atoms with Crippen molar-refractivity contribution < 1.29 is 0 Å². The summed E-state index contributed by atoms with van der Waals surface area (Å²) >= 11 is 6.09. The summed E-state index contributed by atoms with van der Waals surface area (Å²) in [6, 6.07) is 3.96. The summed E-state index contributed by atoms with van der Waals surface area (Å²) in [6.07, 6.45) is 2.98. The second-order valence-corrected chi connectivity index (χ2v) is 3.87. The number of nitrogens with zero attached hydrogens (tertiary/aromatic N) is 2. The Balaban J connectivity index is 2.49. The Labute approximate surface area is 84.3 Å². The number of rotatable bonds is 4. The van der Waals surface area contributed by atoms with E-state index in [1.807, 2.05) is 19.1 Å². The van der Waals surface area contributed by atoms with Crippen LogP contribution in [0.2, 0.25) is 0 Å². The van der Waals surface area contributed by atoms with Crippen LogP contribution >= 0.6 is 11.6 Å². The smallest absolute Gasteiger partial charge is 0.0646 e. The molecule has 0 N–H and O–H groups in total. The summed E-state index contributed by atoms with van der Waals surface area (Å²) < 4.78 is 0. The Morgan fingerprint density at radius 1 is 1.38 bits per heavy atom. The number of aryl methyl sites for hydroxylation is 1. The third kappa shape index (κ3) is 3.73. The van der Waals surface area contributed by atoms with Gasteiger partial charge in [0.25, 0.3) is 0 Å². The summed E-state index contributed by atoms with van der Waals surface area (Å²) in [4.78, 5) is 0. The summed E-state index contributed by atoms with van der Waals surface area (Å²) in [5, 5.41) is 8.25. The van der Waals surface area contributed by atoms with Crippen molar-refractivity contribution in [1.82, 2.24) is 10.2 Å². The molecule has 2 nitrogen and oxygen atoms in total. The lowest BCUT2D eigenvalue weighted by Crippen LogP contribution is -2.05. The van der Waals surface area contributed by atoms with E-state index in [2.05, 4.69) is 17.1 Å². The van der Waals surface area contributed by atoms with Crippen LogP contribution in [0.1, 0.15) is 31.2 Å². The van der Waals surface area contributed by atoms with Crippen molar-refractivity contribution in [2.75, 3.05) is 0 Å². The van der Waals surface area contributed by atoms with Gasteiger partial charge < -0.3 is 0 Å². The molecule has 0 aliphatic heterocycles. The molecule has 0 amide bonds. The molecule has 3 heteroatoms. The maximum Gasteiger partial charge on any atom is 0.0646 e. The Bertz CT molecular complexity index is 246. The highest BCUT2D eigenvalue weighted by Gasteiger charge is 2.05. The first-order chi connectivity index (χ1) is 6.22. The Morgan fingerprint density at radius 2 is 2.15 bits per heavy atom. The molecule has 0 aromatic carbocycles. The first-order valence-electron chi connectivity index (χ1n) is 4.65. The van der Waals surface area contributed by atoms with Crippen molar-refractivity contribution in [3.8, 4) is 0 Å². The molecule has 1 heterocycles. The van der Waals surface area contributed by atoms with E-state index in [0.717, 1.165) is 30.7 Å². The lowest BCUT2D eigenvalue weighted by molar-refractivity contribution is 0.706. The molecule has 13 heavy (non-hydrogen) atoms. The van der Waals surface area contributed by atoms with Crippen LogP contribution in [0.15, 0.2) is 12.1 Å². The van der Waals surface area contributed by atoms with Gasteiger partial charge in [0, 0.05) is 11.8 Å². The zero-order valence-electron chi connectivity index (χ0n) is 8.13. The Kier molecular flexibility index (Phi) is 4.16. The Hall–Kier alpha value is -0.630. The standard InChI is InChI=1S/C10H15ClN2/c1-3-4-9(11)7-10-6-5-8(2)12-13-10/h5-6,9H,3-4,7H2,1-2H3. The maximum absolute atomic E-state index is 6.09. The molecule has 1 rings (SSSR count). The van der Waals surface area contributed by atoms with Crippen molar-refractivity contribution >= 4 is 11.6 Å². The second kappa shape index (κ2) is 5.18. The summed E-state index contributed by atoms with van der Waals surface area (Å²) in [7, 11) is 0. The van der Waals surface area contributed by atoms with E-state index in [0.29, 0.717) is 0 Å². The number of alkyl halides is 1. The van der Waals surface area contributed by atoms with Crippen LogP contribution in [-0.4, -0.2) is 15.6 Å². The molecule has 72 valence electrons. The van der Waals surface area contributed by atoms with Gasteiger partial charge in [0.15, 0.2) is 0 Å². The van der Waals surface area contributed by atoms with E-state index in [4.69, 9.17) is 11.6 Å². The van der Waals surface area contributed by atoms with Gasteiger partial charge in [0.2, 0.25) is 0 Å². The minimum absolute atomic E-state index is 0.196. The molecule has 1 unspecified atom stereocenters. The van der Waals surface area contributed by atoms with Crippen LogP contribution < -0.4 is 0 Å². The van der Waals surface area contributed by atoms with E-state index in [1.165, 1.54) is 0 Å². The minimum Gasteiger partial charge on any atom is -0.156 e. The van der Waals surface area contributed by atoms with Crippen molar-refractivity contribution in [3.05, 3.63) is 23.5 Å². The third-order valence-corrected chi connectivity index (χ3v) is 2.26. The zero-order valence-corrected chi connectivity index (χ0v) is 8.88. The average molecular weight is 199 g/mol. The molecule has 0 radical (unpaired) electrons. The van der Waals surface area contributed by atoms with Crippen LogP contribution in [0.3, 0.4) is 0 Å². The fraction of sp³-hybridized carbons (Fsp3) is 0.600. The Morgan fingerprint density at radius 3 is 2.69 bits per heavy atom. The van der Waals surface area contributed by atoms with Gasteiger partial charge >= 0.3 is 0 Å². The van der Waals surface area contributed by atoms with Gasteiger partial charge in [0.1, 0.15) is 0 Å². The quantitative estimate of drug-likeness (QED) is 0.696. The number of hydrogen-bond donors (Lipinski definition) is 0. The topological polar surface area (TPSA) is 25.8 Å². The molecular formula is C10H15ClN2. The highest BCUT2D eigenvalue weighted by molar-refractivity contribution is 6.20. The minimum atomic E-state index is 0.196. The van der Waals surface area contributed by atoms with Gasteiger partial charge in [-0.3, -0.25) is 0 Å². The summed E-state index contributed by atoms with van der Waals surface area (Å²) in [6.45, 7) is 4.07. The van der Waals surface area contributed by atoms with Gasteiger partial charge in [-0.05, 0) is 25.5 Å². The van der Waals surface area contributed by atoms with Crippen LogP contribution in [0.25, 0.3) is 0 Å². The van der Waals surface area contributed by atoms with Gasteiger partial charge in [-0.1, -0.05) is 13.3 Å². The van der Waals surface area contributed by atoms with Crippen molar-refractivity contribution in [3.63, 3.8) is 0 Å². The van der Waals surface area contributed by atoms with Gasteiger partial charge in [-0.15, -0.1) is 11.6 Å². The predicted octanol–water partition coefficient (Wildman–Crippen LogP) is 2.74. The van der Waals surface area contributed by atoms with Gasteiger partial charge in [0.05, 0.1) is 11.4 Å². The zero-order chi connectivity index (χ0) is 9.68. The first kappa shape index (κ1) is 10.5. The first-order valence-corrected chi connectivity index (χ1v) is 5.09. The number of aromatic nitrogens is 2. The summed E-state index contributed by atoms with van der Waals surface area (Å²) in [5.74, 6) is 0. The van der Waals surface area contributed by atoms with E-state index in [-0.39, 0.29) is 5.38 Å². The highest BCUT2D eigenvalue weighted by atomic mass is 35.5.